The third kappa shape index (κ3) is 3.75. The summed E-state index contributed by atoms with van der Waals surface area (Å²) >= 11 is 0. The number of fused-ring (bicyclic) bond motifs is 3. The summed E-state index contributed by atoms with van der Waals surface area (Å²) in [5.74, 6) is -2.87. The maximum atomic E-state index is 14.2. The minimum Gasteiger partial charge on any atom is -0.465 e. The van der Waals surface area contributed by atoms with Gasteiger partial charge in [0.25, 0.3) is 5.91 Å². The number of allylic oxidation sites excluding steroid dienone is 1. The van der Waals surface area contributed by atoms with Crippen molar-refractivity contribution in [3.8, 4) is 0 Å². The van der Waals surface area contributed by atoms with E-state index in [1.165, 1.54) is 4.90 Å². The van der Waals surface area contributed by atoms with Crippen molar-refractivity contribution in [2.24, 2.45) is 11.8 Å². The molecule has 2 unspecified atom stereocenters. The Morgan fingerprint density at radius 1 is 1.14 bits per heavy atom. The minimum absolute atomic E-state index is 0.134. The summed E-state index contributed by atoms with van der Waals surface area (Å²) in [4.78, 5) is 44.3. The average molecular weight is 508 g/mol. The standard InChI is InChI=1S/C26H29N5O6/c32-14-7-13-30-22-24(34)29(16-31-18-9-4-3-8-17(18)27-28-31)12-6-11-26(22)21(23(30)33)20-19(37-26)10-2-1-5-15-36-25(20)35/h2-4,6,8-11,19-22,32H,1,5,7,12-16H2/b10-2-/t19-,20?,21+,22-,26?/m1/s1. The van der Waals surface area contributed by atoms with E-state index in [2.05, 4.69) is 10.3 Å². The highest BCUT2D eigenvalue weighted by atomic mass is 16.6. The van der Waals surface area contributed by atoms with E-state index >= 15 is 0 Å². The number of hydrogen-bond donors (Lipinski definition) is 1. The lowest BCUT2D eigenvalue weighted by Gasteiger charge is -2.35. The number of aliphatic hydroxyl groups excluding tert-OH is 1. The fourth-order valence-corrected chi connectivity index (χ4v) is 6.09. The number of carbonyl (C=O) groups is 3. The van der Waals surface area contributed by atoms with Gasteiger partial charge in [0.05, 0.1) is 24.1 Å². The average Bonchev–Trinajstić information content (AvgIpc) is 3.50. The monoisotopic (exact) mass is 507 g/mol. The summed E-state index contributed by atoms with van der Waals surface area (Å²) in [6.07, 6.45) is 8.44. The molecule has 194 valence electrons. The molecule has 1 aromatic carbocycles. The third-order valence-corrected chi connectivity index (χ3v) is 7.72. The first kappa shape index (κ1) is 23.8. The molecule has 0 bridgehead atoms. The van der Waals surface area contributed by atoms with Crippen molar-refractivity contribution in [1.82, 2.24) is 24.8 Å². The van der Waals surface area contributed by atoms with Crippen LogP contribution in [0.4, 0.5) is 0 Å². The number of aliphatic hydroxyl groups is 1. The fourth-order valence-electron chi connectivity index (χ4n) is 6.09. The number of nitrogens with zero attached hydrogens (tertiary/aromatic N) is 5. The molecule has 4 aliphatic rings. The number of para-hydroxylation sites is 1. The molecule has 5 heterocycles. The zero-order chi connectivity index (χ0) is 25.6. The van der Waals surface area contributed by atoms with Gasteiger partial charge in [0, 0.05) is 19.7 Å². The number of aromatic nitrogens is 3. The van der Waals surface area contributed by atoms with E-state index in [0.717, 1.165) is 11.9 Å². The van der Waals surface area contributed by atoms with Gasteiger partial charge in [-0.1, -0.05) is 41.7 Å². The zero-order valence-electron chi connectivity index (χ0n) is 20.3. The van der Waals surface area contributed by atoms with E-state index < -0.39 is 35.6 Å². The third-order valence-electron chi connectivity index (χ3n) is 7.72. The van der Waals surface area contributed by atoms with Crippen LogP contribution in [0.15, 0.2) is 48.6 Å². The molecule has 2 aromatic rings. The lowest BCUT2D eigenvalue weighted by molar-refractivity contribution is -0.155. The van der Waals surface area contributed by atoms with Crippen molar-refractivity contribution in [3.63, 3.8) is 0 Å². The number of rotatable bonds is 5. The molecule has 1 spiro atoms. The quantitative estimate of drug-likeness (QED) is 0.462. The Bertz CT molecular complexity index is 1290. The zero-order valence-corrected chi connectivity index (χ0v) is 20.3. The SMILES string of the molecule is O=C1OCCC/C=C\[C@H]2OC34C=CCN(Cn5nnc6ccccc65)C(=O)[C@H]3N(CCCO)C(=O)[C@@H]4C12. The number of hydrogen-bond acceptors (Lipinski definition) is 8. The molecule has 37 heavy (non-hydrogen) atoms. The van der Waals surface area contributed by atoms with Crippen LogP contribution < -0.4 is 0 Å². The second-order valence-electron chi connectivity index (χ2n) is 9.87. The van der Waals surface area contributed by atoms with Gasteiger partial charge in [-0.05, 0) is 31.4 Å². The molecule has 11 heteroatoms. The van der Waals surface area contributed by atoms with Crippen LogP contribution in [0.25, 0.3) is 11.0 Å². The Hall–Kier alpha value is -3.57. The summed E-state index contributed by atoms with van der Waals surface area (Å²) in [6, 6.07) is 6.50. The maximum Gasteiger partial charge on any atom is 0.312 e. The van der Waals surface area contributed by atoms with Crippen LogP contribution in [0.2, 0.25) is 0 Å². The van der Waals surface area contributed by atoms with Crippen molar-refractivity contribution in [3.05, 3.63) is 48.6 Å². The predicted molar refractivity (Wildman–Crippen MR) is 130 cm³/mol. The first-order chi connectivity index (χ1) is 18.0. The van der Waals surface area contributed by atoms with Gasteiger partial charge in [-0.15, -0.1) is 5.10 Å². The minimum atomic E-state index is -1.32. The molecular formula is C26H29N5O6. The number of carbonyl (C=O) groups excluding carboxylic acids is 3. The number of cyclic esters (lactones) is 1. The molecule has 0 radical (unpaired) electrons. The second-order valence-corrected chi connectivity index (χ2v) is 9.87. The Kier molecular flexibility index (Phi) is 6.04. The van der Waals surface area contributed by atoms with Crippen molar-refractivity contribution in [2.75, 3.05) is 26.3 Å². The fraction of sp³-hybridized carbons (Fsp3) is 0.500. The molecule has 11 nitrogen and oxygen atoms in total. The van der Waals surface area contributed by atoms with E-state index in [-0.39, 0.29) is 44.8 Å². The summed E-state index contributed by atoms with van der Waals surface area (Å²) in [6.45, 7) is 0.719. The van der Waals surface area contributed by atoms with Crippen LogP contribution in [0, 0.1) is 11.8 Å². The molecular weight excluding hydrogens is 478 g/mol. The van der Waals surface area contributed by atoms with Crippen molar-refractivity contribution >= 4 is 28.8 Å². The van der Waals surface area contributed by atoms with Crippen LogP contribution in [0.1, 0.15) is 19.3 Å². The van der Waals surface area contributed by atoms with Crippen LogP contribution in [-0.2, 0) is 30.5 Å². The summed E-state index contributed by atoms with van der Waals surface area (Å²) in [5, 5.41) is 17.9. The smallest absolute Gasteiger partial charge is 0.312 e. The van der Waals surface area contributed by atoms with E-state index in [1.54, 1.807) is 15.7 Å². The molecule has 2 fully saturated rings. The van der Waals surface area contributed by atoms with Crippen molar-refractivity contribution < 1.29 is 29.0 Å². The van der Waals surface area contributed by atoms with Crippen LogP contribution >= 0.6 is 0 Å². The van der Waals surface area contributed by atoms with E-state index in [9.17, 15) is 19.5 Å². The van der Waals surface area contributed by atoms with Crippen LogP contribution in [0.5, 0.6) is 0 Å². The van der Waals surface area contributed by atoms with Gasteiger partial charge in [-0.3, -0.25) is 14.4 Å². The molecule has 1 aromatic heterocycles. The Morgan fingerprint density at radius 3 is 2.86 bits per heavy atom. The Labute approximate surface area is 213 Å². The Balaban J connectivity index is 1.39. The number of benzene rings is 1. The summed E-state index contributed by atoms with van der Waals surface area (Å²) < 4.78 is 13.7. The highest BCUT2D eigenvalue weighted by Crippen LogP contribution is 2.53. The van der Waals surface area contributed by atoms with Crippen molar-refractivity contribution in [1.29, 1.82) is 0 Å². The number of esters is 1. The molecule has 1 N–H and O–H groups in total. The van der Waals surface area contributed by atoms with Crippen molar-refractivity contribution in [2.45, 2.75) is 43.7 Å². The summed E-state index contributed by atoms with van der Waals surface area (Å²) in [7, 11) is 0. The van der Waals surface area contributed by atoms with E-state index in [0.29, 0.717) is 18.4 Å². The van der Waals surface area contributed by atoms with Gasteiger partial charge in [0.15, 0.2) is 0 Å². The van der Waals surface area contributed by atoms with E-state index in [4.69, 9.17) is 9.47 Å². The molecule has 4 aliphatic heterocycles. The first-order valence-electron chi connectivity index (χ1n) is 12.7. The first-order valence-corrected chi connectivity index (χ1v) is 12.7. The topological polar surface area (TPSA) is 127 Å². The highest BCUT2D eigenvalue weighted by molar-refractivity contribution is 5.99. The molecule has 2 saturated heterocycles. The summed E-state index contributed by atoms with van der Waals surface area (Å²) in [5.41, 5.74) is 0.185. The number of amides is 2. The maximum absolute atomic E-state index is 14.2. The van der Waals surface area contributed by atoms with Crippen LogP contribution in [-0.4, -0.2) is 91.7 Å². The molecule has 0 aliphatic carbocycles. The Morgan fingerprint density at radius 2 is 2.00 bits per heavy atom. The number of ether oxygens (including phenoxy) is 2. The van der Waals surface area contributed by atoms with Gasteiger partial charge in [-0.2, -0.15) is 0 Å². The normalized spacial score (nSPS) is 32.3. The molecule has 0 saturated carbocycles. The van der Waals surface area contributed by atoms with E-state index in [1.807, 2.05) is 42.5 Å². The lowest BCUT2D eigenvalue weighted by Crippen LogP contribution is -2.55. The molecule has 5 atom stereocenters. The number of likely N-dealkylation sites (tertiary alicyclic amines) is 1. The predicted octanol–water partition coefficient (Wildman–Crippen LogP) is 0.644. The lowest BCUT2D eigenvalue weighted by atomic mass is 9.78. The van der Waals surface area contributed by atoms with Gasteiger partial charge < -0.3 is 24.4 Å². The largest absolute Gasteiger partial charge is 0.465 e. The second kappa shape index (κ2) is 9.38. The molecule has 6 rings (SSSR count). The van der Waals surface area contributed by atoms with Gasteiger partial charge in [-0.25, -0.2) is 4.68 Å². The van der Waals surface area contributed by atoms with Gasteiger partial charge >= 0.3 is 5.97 Å². The van der Waals surface area contributed by atoms with Gasteiger partial charge in [0.1, 0.15) is 29.7 Å². The highest BCUT2D eigenvalue weighted by Gasteiger charge is 2.71. The molecule has 2 amide bonds. The van der Waals surface area contributed by atoms with Crippen LogP contribution in [0.3, 0.4) is 0 Å². The van der Waals surface area contributed by atoms with Gasteiger partial charge in [0.2, 0.25) is 5.91 Å².